The minimum Gasteiger partial charge on any atom is -0.333 e. The molecule has 0 aliphatic rings. The summed E-state index contributed by atoms with van der Waals surface area (Å²) in [5.74, 6) is -0.0738. The molecule has 0 aromatic heterocycles. The van der Waals surface area contributed by atoms with Crippen LogP contribution in [0.25, 0.3) is 0 Å². The van der Waals surface area contributed by atoms with Crippen LogP contribution in [-0.4, -0.2) is 11.8 Å². The molecule has 0 aliphatic heterocycles. The second kappa shape index (κ2) is 8.69. The molecule has 106 valence electrons. The minimum atomic E-state index is -0.0369. The van der Waals surface area contributed by atoms with Crippen LogP contribution in [0, 0.1) is 0 Å². The zero-order chi connectivity index (χ0) is 14.8. The zero-order valence-corrected chi connectivity index (χ0v) is 11.5. The molecule has 20 heavy (non-hydrogen) atoms. The molecule has 0 radical (unpaired) electrons. The average molecular weight is 272 g/mol. The fourth-order valence-electron chi connectivity index (χ4n) is 1.76. The van der Waals surface area contributed by atoms with E-state index < -0.39 is 0 Å². The Kier molecular flexibility index (Phi) is 6.82. The van der Waals surface area contributed by atoms with E-state index >= 15 is 0 Å². The summed E-state index contributed by atoms with van der Waals surface area (Å²) < 4.78 is 0. The van der Waals surface area contributed by atoms with E-state index in [2.05, 4.69) is 23.8 Å². The standard InChI is InChI=1S/C16H20N2O2/c1-3-17-15(19)11-9-13-5-7-14(8-6-13)10-12-16(20)18-4-2/h3-8H,1-2,9-12H2,(H,17,19)(H,18,20). The smallest absolute Gasteiger partial charge is 0.224 e. The Hall–Kier alpha value is -2.36. The summed E-state index contributed by atoms with van der Waals surface area (Å²) in [4.78, 5) is 22.6. The first-order chi connectivity index (χ1) is 9.65. The monoisotopic (exact) mass is 272 g/mol. The maximum absolute atomic E-state index is 11.3. The Morgan fingerprint density at radius 3 is 1.50 bits per heavy atom. The highest BCUT2D eigenvalue weighted by atomic mass is 16.2. The largest absolute Gasteiger partial charge is 0.333 e. The van der Waals surface area contributed by atoms with Gasteiger partial charge in [0.25, 0.3) is 0 Å². The zero-order valence-electron chi connectivity index (χ0n) is 11.5. The summed E-state index contributed by atoms with van der Waals surface area (Å²) in [6.07, 6.45) is 5.04. The Bertz CT molecular complexity index is 433. The Balaban J connectivity index is 2.40. The number of carbonyl (C=O) groups is 2. The van der Waals surface area contributed by atoms with E-state index in [4.69, 9.17) is 0 Å². The first-order valence-electron chi connectivity index (χ1n) is 6.54. The number of rotatable bonds is 8. The fourth-order valence-corrected chi connectivity index (χ4v) is 1.76. The quantitative estimate of drug-likeness (QED) is 0.761. The highest BCUT2D eigenvalue weighted by Gasteiger charge is 2.02. The molecule has 0 saturated heterocycles. The summed E-state index contributed by atoms with van der Waals surface area (Å²) in [7, 11) is 0. The Morgan fingerprint density at radius 2 is 1.20 bits per heavy atom. The highest BCUT2D eigenvalue weighted by Crippen LogP contribution is 2.08. The molecule has 0 saturated carbocycles. The summed E-state index contributed by atoms with van der Waals surface area (Å²) in [5, 5.41) is 5.09. The van der Waals surface area contributed by atoms with Crippen LogP contribution < -0.4 is 10.6 Å². The second-order valence-corrected chi connectivity index (χ2v) is 4.36. The van der Waals surface area contributed by atoms with E-state index in [1.165, 1.54) is 12.4 Å². The summed E-state index contributed by atoms with van der Waals surface area (Å²) in [5.41, 5.74) is 2.20. The van der Waals surface area contributed by atoms with Crippen LogP contribution in [0.2, 0.25) is 0 Å². The van der Waals surface area contributed by atoms with Crippen molar-refractivity contribution in [2.75, 3.05) is 0 Å². The lowest BCUT2D eigenvalue weighted by atomic mass is 10.0. The number of benzene rings is 1. The molecular weight excluding hydrogens is 252 g/mol. The molecule has 1 rings (SSSR count). The van der Waals surface area contributed by atoms with Gasteiger partial charge in [0.05, 0.1) is 0 Å². The highest BCUT2D eigenvalue weighted by molar-refractivity contribution is 5.77. The van der Waals surface area contributed by atoms with Crippen LogP contribution in [0.3, 0.4) is 0 Å². The molecule has 0 fully saturated rings. The Morgan fingerprint density at radius 1 is 0.850 bits per heavy atom. The molecule has 1 aromatic rings. The molecular formula is C16H20N2O2. The van der Waals surface area contributed by atoms with Gasteiger partial charge in [-0.3, -0.25) is 9.59 Å². The van der Waals surface area contributed by atoms with Crippen LogP contribution in [0.15, 0.2) is 49.8 Å². The lowest BCUT2D eigenvalue weighted by Gasteiger charge is -2.04. The number of hydrogen-bond donors (Lipinski definition) is 2. The van der Waals surface area contributed by atoms with Crippen molar-refractivity contribution < 1.29 is 9.59 Å². The van der Waals surface area contributed by atoms with Crippen LogP contribution in [0.1, 0.15) is 24.0 Å². The van der Waals surface area contributed by atoms with Crippen LogP contribution >= 0.6 is 0 Å². The van der Waals surface area contributed by atoms with Gasteiger partial charge >= 0.3 is 0 Å². The minimum absolute atomic E-state index is 0.0369. The number of aryl methyl sites for hydroxylation is 2. The van der Waals surface area contributed by atoms with E-state index in [0.29, 0.717) is 25.7 Å². The topological polar surface area (TPSA) is 58.2 Å². The van der Waals surface area contributed by atoms with E-state index in [0.717, 1.165) is 11.1 Å². The number of amides is 2. The Labute approximate surface area is 119 Å². The summed E-state index contributed by atoms with van der Waals surface area (Å²) in [6.45, 7) is 6.89. The van der Waals surface area contributed by atoms with Crippen molar-refractivity contribution in [3.8, 4) is 0 Å². The molecule has 0 aliphatic carbocycles. The van der Waals surface area contributed by atoms with Gasteiger partial charge in [-0.1, -0.05) is 37.4 Å². The van der Waals surface area contributed by atoms with E-state index in [9.17, 15) is 9.59 Å². The number of hydrogen-bond acceptors (Lipinski definition) is 2. The second-order valence-electron chi connectivity index (χ2n) is 4.36. The molecule has 0 heterocycles. The third kappa shape index (κ3) is 6.00. The van der Waals surface area contributed by atoms with Gasteiger partial charge < -0.3 is 10.6 Å². The SMILES string of the molecule is C=CNC(=O)CCc1ccc(CCC(=O)NC=C)cc1. The average Bonchev–Trinajstić information content (AvgIpc) is 2.45. The summed E-state index contributed by atoms with van der Waals surface area (Å²) in [6, 6.07) is 7.95. The first kappa shape index (κ1) is 15.7. The molecule has 0 atom stereocenters. The molecule has 1 aromatic carbocycles. The van der Waals surface area contributed by atoms with Gasteiger partial charge in [-0.2, -0.15) is 0 Å². The van der Waals surface area contributed by atoms with E-state index in [1.54, 1.807) is 0 Å². The molecule has 4 heteroatoms. The fraction of sp³-hybridized carbons (Fsp3) is 0.250. The van der Waals surface area contributed by atoms with Crippen molar-refractivity contribution in [2.45, 2.75) is 25.7 Å². The third-order valence-corrected chi connectivity index (χ3v) is 2.83. The maximum atomic E-state index is 11.3. The summed E-state index contributed by atoms with van der Waals surface area (Å²) >= 11 is 0. The van der Waals surface area contributed by atoms with Crippen molar-refractivity contribution in [1.82, 2.24) is 10.6 Å². The number of carbonyl (C=O) groups excluding carboxylic acids is 2. The molecule has 0 spiro atoms. The molecule has 0 bridgehead atoms. The van der Waals surface area contributed by atoms with Crippen molar-refractivity contribution in [2.24, 2.45) is 0 Å². The van der Waals surface area contributed by atoms with Gasteiger partial charge in [0.2, 0.25) is 11.8 Å². The van der Waals surface area contributed by atoms with Gasteiger partial charge in [0.15, 0.2) is 0 Å². The lowest BCUT2D eigenvalue weighted by Crippen LogP contribution is -2.17. The van der Waals surface area contributed by atoms with Crippen LogP contribution in [0.4, 0.5) is 0 Å². The molecule has 4 nitrogen and oxygen atoms in total. The van der Waals surface area contributed by atoms with Crippen molar-refractivity contribution in [1.29, 1.82) is 0 Å². The molecule has 2 N–H and O–H groups in total. The van der Waals surface area contributed by atoms with Crippen molar-refractivity contribution in [3.63, 3.8) is 0 Å². The van der Waals surface area contributed by atoms with E-state index in [1.807, 2.05) is 24.3 Å². The van der Waals surface area contributed by atoms with Crippen LogP contribution in [-0.2, 0) is 22.4 Å². The number of nitrogens with one attached hydrogen (secondary N) is 2. The van der Waals surface area contributed by atoms with Crippen molar-refractivity contribution in [3.05, 3.63) is 61.0 Å². The van der Waals surface area contributed by atoms with Crippen LogP contribution in [0.5, 0.6) is 0 Å². The van der Waals surface area contributed by atoms with Gasteiger partial charge in [-0.25, -0.2) is 0 Å². The van der Waals surface area contributed by atoms with Gasteiger partial charge in [-0.15, -0.1) is 0 Å². The first-order valence-corrected chi connectivity index (χ1v) is 6.54. The maximum Gasteiger partial charge on any atom is 0.224 e. The van der Waals surface area contributed by atoms with Crippen molar-refractivity contribution >= 4 is 11.8 Å². The van der Waals surface area contributed by atoms with Gasteiger partial charge in [0, 0.05) is 12.8 Å². The van der Waals surface area contributed by atoms with Gasteiger partial charge in [-0.05, 0) is 36.4 Å². The predicted molar refractivity (Wildman–Crippen MR) is 79.8 cm³/mol. The lowest BCUT2D eigenvalue weighted by molar-refractivity contribution is -0.120. The third-order valence-electron chi connectivity index (χ3n) is 2.83. The molecule has 0 unspecified atom stereocenters. The van der Waals surface area contributed by atoms with Gasteiger partial charge in [0.1, 0.15) is 0 Å². The normalized spacial score (nSPS) is 9.60. The predicted octanol–water partition coefficient (Wildman–Crippen LogP) is 2.07. The molecule has 2 amide bonds. The van der Waals surface area contributed by atoms with E-state index in [-0.39, 0.29) is 11.8 Å².